The quantitative estimate of drug-likeness (QED) is 0.722. The number of anilines is 1. The molecule has 27 heavy (non-hydrogen) atoms. The number of ether oxygens (including phenoxy) is 2. The molecule has 2 atom stereocenters. The molecular formula is C21H23NO4S. The van der Waals surface area contributed by atoms with E-state index in [2.05, 4.69) is 0 Å². The number of carbonyl (C=O) groups is 2. The summed E-state index contributed by atoms with van der Waals surface area (Å²) in [5.41, 5.74) is 1.77. The summed E-state index contributed by atoms with van der Waals surface area (Å²) in [7, 11) is 1.61. The van der Waals surface area contributed by atoms with Crippen molar-refractivity contribution >= 4 is 29.3 Å². The van der Waals surface area contributed by atoms with Crippen molar-refractivity contribution in [3.8, 4) is 5.75 Å². The Labute approximate surface area is 163 Å². The van der Waals surface area contributed by atoms with Gasteiger partial charge in [-0.15, -0.1) is 11.8 Å². The molecule has 2 aromatic carbocycles. The van der Waals surface area contributed by atoms with Crippen LogP contribution in [0.2, 0.25) is 0 Å². The van der Waals surface area contributed by atoms with E-state index in [1.165, 1.54) is 6.92 Å². The number of methoxy groups -OCH3 is 1. The van der Waals surface area contributed by atoms with E-state index in [0.29, 0.717) is 6.54 Å². The lowest BCUT2D eigenvalue weighted by atomic mass is 10.1. The molecule has 0 unspecified atom stereocenters. The molecule has 0 radical (unpaired) electrons. The number of carbonyl (C=O) groups excluding carboxylic acids is 2. The van der Waals surface area contributed by atoms with E-state index in [0.717, 1.165) is 28.3 Å². The maximum Gasteiger partial charge on any atom is 0.303 e. The molecule has 1 aliphatic rings. The number of benzene rings is 2. The van der Waals surface area contributed by atoms with Crippen LogP contribution in [0.4, 0.5) is 5.69 Å². The van der Waals surface area contributed by atoms with Crippen molar-refractivity contribution in [1.29, 1.82) is 0 Å². The Balaban J connectivity index is 2.09. The van der Waals surface area contributed by atoms with Crippen LogP contribution in [0.3, 0.4) is 0 Å². The summed E-state index contributed by atoms with van der Waals surface area (Å²) in [4.78, 5) is 27.8. The summed E-state index contributed by atoms with van der Waals surface area (Å²) >= 11 is 1.55. The molecule has 142 valence electrons. The Morgan fingerprint density at radius 2 is 1.85 bits per heavy atom. The monoisotopic (exact) mass is 385 g/mol. The predicted octanol–water partition coefficient (Wildman–Crippen LogP) is 4.22. The predicted molar refractivity (Wildman–Crippen MR) is 106 cm³/mol. The van der Waals surface area contributed by atoms with Crippen molar-refractivity contribution in [1.82, 2.24) is 0 Å². The van der Waals surface area contributed by atoms with Crippen LogP contribution in [0.15, 0.2) is 53.4 Å². The molecule has 0 spiro atoms. The summed E-state index contributed by atoms with van der Waals surface area (Å²) in [5, 5.41) is -0.338. The fourth-order valence-electron chi connectivity index (χ4n) is 3.16. The molecule has 5 nitrogen and oxygen atoms in total. The number of hydrogen-bond donors (Lipinski definition) is 0. The summed E-state index contributed by atoms with van der Waals surface area (Å²) in [6.07, 6.45) is -0.0788. The van der Waals surface area contributed by atoms with E-state index < -0.39 is 12.1 Å². The first-order valence-electron chi connectivity index (χ1n) is 8.93. The first-order chi connectivity index (χ1) is 13.0. The fourth-order valence-corrected chi connectivity index (χ4v) is 4.48. The summed E-state index contributed by atoms with van der Waals surface area (Å²) < 4.78 is 10.8. The van der Waals surface area contributed by atoms with Crippen LogP contribution in [0.5, 0.6) is 5.75 Å². The van der Waals surface area contributed by atoms with Gasteiger partial charge in [0.25, 0.3) is 5.91 Å². The first kappa shape index (κ1) is 19.3. The molecule has 0 aromatic heterocycles. The molecule has 3 rings (SSSR count). The van der Waals surface area contributed by atoms with Crippen molar-refractivity contribution in [2.24, 2.45) is 0 Å². The minimum Gasteiger partial charge on any atom is -0.497 e. The van der Waals surface area contributed by atoms with E-state index in [1.54, 1.807) is 23.8 Å². The Kier molecular flexibility index (Phi) is 6.06. The molecule has 1 amide bonds. The molecule has 1 aliphatic heterocycles. The summed E-state index contributed by atoms with van der Waals surface area (Å²) in [6, 6.07) is 15.4. The van der Waals surface area contributed by atoms with Gasteiger partial charge in [-0.25, -0.2) is 0 Å². The van der Waals surface area contributed by atoms with E-state index in [9.17, 15) is 9.59 Å². The zero-order chi connectivity index (χ0) is 19.4. The van der Waals surface area contributed by atoms with Gasteiger partial charge in [0.2, 0.25) is 0 Å². The maximum atomic E-state index is 13.4. The lowest BCUT2D eigenvalue weighted by Crippen LogP contribution is -2.43. The second kappa shape index (κ2) is 8.48. The largest absolute Gasteiger partial charge is 0.497 e. The summed E-state index contributed by atoms with van der Waals surface area (Å²) in [6.45, 7) is 3.93. The second-order valence-corrected chi connectivity index (χ2v) is 7.48. The van der Waals surface area contributed by atoms with Crippen LogP contribution in [0, 0.1) is 0 Å². The van der Waals surface area contributed by atoms with Gasteiger partial charge in [0.15, 0.2) is 6.10 Å². The Hall–Kier alpha value is -2.47. The third-order valence-corrected chi connectivity index (χ3v) is 5.75. The number of para-hydroxylation sites is 1. The normalized spacial score (nSPS) is 19.2. The van der Waals surface area contributed by atoms with Crippen molar-refractivity contribution < 1.29 is 19.1 Å². The molecule has 0 saturated heterocycles. The number of hydrogen-bond acceptors (Lipinski definition) is 5. The molecule has 0 aliphatic carbocycles. The topological polar surface area (TPSA) is 55.8 Å². The SMILES string of the molecule is CCCN1C(=O)[C@@H](OC(C)=O)[C@@H](c2ccc(OC)cc2)Sc2ccccc21. The number of fused-ring (bicyclic) bond motifs is 1. The maximum absolute atomic E-state index is 13.4. The average Bonchev–Trinajstić information content (AvgIpc) is 2.78. The highest BCUT2D eigenvalue weighted by Crippen LogP contribution is 2.46. The van der Waals surface area contributed by atoms with Crippen LogP contribution in [-0.4, -0.2) is 31.6 Å². The lowest BCUT2D eigenvalue weighted by Gasteiger charge is -2.27. The number of nitrogens with zero attached hydrogens (tertiary/aromatic N) is 1. The molecule has 2 aromatic rings. The van der Waals surface area contributed by atoms with E-state index in [-0.39, 0.29) is 11.2 Å². The van der Waals surface area contributed by atoms with Crippen LogP contribution < -0.4 is 9.64 Å². The van der Waals surface area contributed by atoms with Crippen LogP contribution >= 0.6 is 11.8 Å². The van der Waals surface area contributed by atoms with Crippen molar-refractivity contribution in [2.75, 3.05) is 18.6 Å². The van der Waals surface area contributed by atoms with Crippen LogP contribution in [0.25, 0.3) is 0 Å². The van der Waals surface area contributed by atoms with Gasteiger partial charge in [0.1, 0.15) is 5.75 Å². The van der Waals surface area contributed by atoms with Gasteiger partial charge in [-0.05, 0) is 36.2 Å². The minimum atomic E-state index is -0.889. The molecule has 6 heteroatoms. The highest BCUT2D eigenvalue weighted by Gasteiger charge is 2.40. The minimum absolute atomic E-state index is 0.190. The Morgan fingerprint density at radius 3 is 2.48 bits per heavy atom. The van der Waals surface area contributed by atoms with E-state index >= 15 is 0 Å². The summed E-state index contributed by atoms with van der Waals surface area (Å²) in [5.74, 6) is 0.0842. The fraction of sp³-hybridized carbons (Fsp3) is 0.333. The van der Waals surface area contributed by atoms with Gasteiger partial charge in [0, 0.05) is 18.4 Å². The molecular weight excluding hydrogens is 362 g/mol. The number of thioether (sulfide) groups is 1. The molecule has 0 fully saturated rings. The number of rotatable bonds is 5. The molecule has 1 heterocycles. The molecule has 0 N–H and O–H groups in total. The van der Waals surface area contributed by atoms with Crippen molar-refractivity contribution in [3.05, 3.63) is 54.1 Å². The van der Waals surface area contributed by atoms with Gasteiger partial charge in [-0.2, -0.15) is 0 Å². The second-order valence-electron chi connectivity index (χ2n) is 6.30. The van der Waals surface area contributed by atoms with Gasteiger partial charge in [0.05, 0.1) is 18.0 Å². The standard InChI is InChI=1S/C21H23NO4S/c1-4-13-22-17-7-5-6-8-18(17)27-20(19(21(22)24)26-14(2)23)15-9-11-16(25-3)12-10-15/h5-12,19-20H,4,13H2,1-3H3/t19-,20+/m0/s1. The molecule has 0 bridgehead atoms. The Morgan fingerprint density at radius 1 is 1.15 bits per heavy atom. The smallest absolute Gasteiger partial charge is 0.303 e. The average molecular weight is 385 g/mol. The van der Waals surface area contributed by atoms with Crippen molar-refractivity contribution in [2.45, 2.75) is 36.5 Å². The third-order valence-electron chi connectivity index (χ3n) is 4.38. The van der Waals surface area contributed by atoms with Gasteiger partial charge in [-0.1, -0.05) is 31.2 Å². The van der Waals surface area contributed by atoms with Crippen LogP contribution in [-0.2, 0) is 14.3 Å². The highest BCUT2D eigenvalue weighted by atomic mass is 32.2. The zero-order valence-electron chi connectivity index (χ0n) is 15.7. The van der Waals surface area contributed by atoms with Gasteiger partial charge in [-0.3, -0.25) is 9.59 Å². The van der Waals surface area contributed by atoms with E-state index in [4.69, 9.17) is 9.47 Å². The Bertz CT molecular complexity index is 821. The number of esters is 1. The zero-order valence-corrected chi connectivity index (χ0v) is 16.5. The molecule has 0 saturated carbocycles. The number of amides is 1. The lowest BCUT2D eigenvalue weighted by molar-refractivity contribution is -0.152. The van der Waals surface area contributed by atoms with Crippen LogP contribution in [0.1, 0.15) is 31.1 Å². The van der Waals surface area contributed by atoms with Crippen molar-refractivity contribution in [3.63, 3.8) is 0 Å². The first-order valence-corrected chi connectivity index (χ1v) is 9.81. The highest BCUT2D eigenvalue weighted by molar-refractivity contribution is 7.99. The van der Waals surface area contributed by atoms with Gasteiger partial charge < -0.3 is 14.4 Å². The third kappa shape index (κ3) is 4.11. The van der Waals surface area contributed by atoms with E-state index in [1.807, 2.05) is 55.5 Å². The van der Waals surface area contributed by atoms with Gasteiger partial charge >= 0.3 is 5.97 Å².